The molecule has 2 aliphatic heterocycles. The molecule has 0 spiro atoms. The van der Waals surface area contributed by atoms with Gasteiger partial charge in [0.05, 0.1) is 11.0 Å². The van der Waals surface area contributed by atoms with E-state index < -0.39 is 0 Å². The van der Waals surface area contributed by atoms with Gasteiger partial charge in [-0.05, 0) is 115 Å². The van der Waals surface area contributed by atoms with Gasteiger partial charge in [-0.15, -0.1) is 0 Å². The third kappa shape index (κ3) is 7.22. The number of aromatic nitrogens is 2. The van der Waals surface area contributed by atoms with Gasteiger partial charge in [0, 0.05) is 59.4 Å². The highest BCUT2D eigenvalue weighted by Gasteiger charge is 2.78. The predicted molar refractivity (Wildman–Crippen MR) is 289 cm³/mol. The average molecular weight is 900 g/mol. The van der Waals surface area contributed by atoms with Gasteiger partial charge < -0.3 is 4.74 Å². The standard InChI is InChI=1S/C63H71N4O/c1-39(2)43-30-53(40(3)4)60(54(31-43)41(5)6)42-19-18-20-47(29-42)66-38-67(66,57-26-23-44(34-58(57)66)61(7,8)9)48-32-46(63(13,14)15)33-50(36-48)68-49-24-25-52-51-21-16-17-22-55(51)65(56(52)37-49)59-35-45(27-28-64-59)62(10,11)12/h16-41H,1-15H3/q+1/t66-,67?/m0/s1. The Labute approximate surface area is 406 Å². The van der Waals surface area contributed by atoms with E-state index in [0.29, 0.717) is 26.9 Å². The molecule has 2 aliphatic rings. The van der Waals surface area contributed by atoms with Gasteiger partial charge in [0.1, 0.15) is 17.3 Å². The Hall–Kier alpha value is -6.01. The zero-order chi connectivity index (χ0) is 48.5. The average Bonchev–Trinajstić information content (AvgIpc) is 3.78. The largest absolute Gasteiger partial charge is 0.457 e. The smallest absolute Gasteiger partial charge is 0.225 e. The number of ether oxygens (including phenoxy) is 1. The lowest BCUT2D eigenvalue weighted by atomic mass is 9.81. The summed E-state index contributed by atoms with van der Waals surface area (Å²) in [5, 5.41) is 2.37. The van der Waals surface area contributed by atoms with Crippen LogP contribution in [-0.4, -0.2) is 9.55 Å². The maximum atomic E-state index is 7.11. The Balaban J connectivity index is 1.13. The number of rotatable bonds is 9. The summed E-state index contributed by atoms with van der Waals surface area (Å²) in [5.74, 6) is 3.76. The highest BCUT2D eigenvalue weighted by molar-refractivity contribution is 6.09. The number of para-hydroxylation sites is 1. The quantitative estimate of drug-likeness (QED) is 0.0820. The number of fused-ring (bicyclic) bond motifs is 7. The summed E-state index contributed by atoms with van der Waals surface area (Å²) in [6, 6.07) is 48.2. The Kier molecular flexibility index (Phi) is 10.6. The predicted octanol–water partition coefficient (Wildman–Crippen LogP) is 18.2. The fourth-order valence-electron chi connectivity index (χ4n) is 10.8. The lowest BCUT2D eigenvalue weighted by Gasteiger charge is -2.41. The van der Waals surface area contributed by atoms with Gasteiger partial charge in [-0.25, -0.2) is 4.98 Å². The molecular formula is C63H71N4O+. The number of quaternary nitrogens is 2. The van der Waals surface area contributed by atoms with Crippen molar-refractivity contribution in [1.82, 2.24) is 18.7 Å². The van der Waals surface area contributed by atoms with E-state index in [1.54, 1.807) is 0 Å². The van der Waals surface area contributed by atoms with E-state index in [1.165, 1.54) is 78.0 Å². The third-order valence-corrected chi connectivity index (χ3v) is 14.9. The van der Waals surface area contributed by atoms with E-state index in [1.807, 2.05) is 6.20 Å². The molecule has 0 N–H and O–H groups in total. The van der Waals surface area contributed by atoms with Crippen LogP contribution in [0, 0.1) is 6.67 Å². The minimum atomic E-state index is -0.134. The first kappa shape index (κ1) is 45.8. The maximum absolute atomic E-state index is 7.11. The molecule has 6 aromatic carbocycles. The summed E-state index contributed by atoms with van der Waals surface area (Å²) in [4.78, 5) is 4.95. The van der Waals surface area contributed by atoms with Crippen molar-refractivity contribution < 1.29 is 4.74 Å². The zero-order valence-corrected chi connectivity index (χ0v) is 43.2. The van der Waals surface area contributed by atoms with Crippen molar-refractivity contribution in [2.75, 3.05) is 0 Å². The zero-order valence-electron chi connectivity index (χ0n) is 43.2. The third-order valence-electron chi connectivity index (χ3n) is 14.9. The van der Waals surface area contributed by atoms with Crippen LogP contribution < -0.4 is 13.9 Å². The van der Waals surface area contributed by atoms with Crippen LogP contribution in [0.25, 0.3) is 38.8 Å². The molecule has 10 rings (SSSR count). The van der Waals surface area contributed by atoms with Crippen LogP contribution in [0.5, 0.6) is 11.5 Å². The van der Waals surface area contributed by atoms with Crippen LogP contribution in [-0.2, 0) is 16.2 Å². The summed E-state index contributed by atoms with van der Waals surface area (Å²) in [6.07, 6.45) is 1.94. The van der Waals surface area contributed by atoms with Crippen molar-refractivity contribution >= 4 is 44.6 Å². The Morgan fingerprint density at radius 3 is 1.81 bits per heavy atom. The monoisotopic (exact) mass is 900 g/mol. The lowest BCUT2D eigenvalue weighted by Crippen LogP contribution is -2.46. The molecule has 5 nitrogen and oxygen atoms in total. The van der Waals surface area contributed by atoms with Gasteiger partial charge in [0.15, 0.2) is 18.0 Å². The number of nitrogens with zero attached hydrogens (tertiary/aromatic N) is 4. The molecule has 0 radical (unpaired) electrons. The molecule has 5 heteroatoms. The van der Waals surface area contributed by atoms with Gasteiger partial charge >= 0.3 is 0 Å². The van der Waals surface area contributed by atoms with E-state index >= 15 is 0 Å². The summed E-state index contributed by atoms with van der Waals surface area (Å²) in [5.41, 5.74) is 17.9. The summed E-state index contributed by atoms with van der Waals surface area (Å²) in [7, 11) is 0. The van der Waals surface area contributed by atoms with Gasteiger partial charge in [0.25, 0.3) is 0 Å². The molecular weight excluding hydrogens is 829 g/mol. The molecule has 2 aromatic heterocycles. The van der Waals surface area contributed by atoms with Crippen LogP contribution in [0.2, 0.25) is 0 Å². The Morgan fingerprint density at radius 1 is 0.500 bits per heavy atom. The first-order chi connectivity index (χ1) is 32.0. The summed E-state index contributed by atoms with van der Waals surface area (Å²) in [6.45, 7) is 37.2. The molecule has 0 saturated carbocycles. The van der Waals surface area contributed by atoms with Crippen molar-refractivity contribution in [1.29, 1.82) is 0 Å². The minimum Gasteiger partial charge on any atom is -0.457 e. The van der Waals surface area contributed by atoms with Crippen LogP contribution in [0.3, 0.4) is 0 Å². The molecule has 68 heavy (non-hydrogen) atoms. The van der Waals surface area contributed by atoms with Gasteiger partial charge in [-0.1, -0.05) is 152 Å². The molecule has 0 amide bonds. The normalized spacial score (nSPS) is 18.1. The molecule has 1 unspecified atom stereocenters. The number of hydrogen-bond acceptors (Lipinski definition) is 2. The van der Waals surface area contributed by atoms with E-state index in [-0.39, 0.29) is 16.2 Å². The fraction of sp³-hybridized carbons (Fsp3) is 0.333. The van der Waals surface area contributed by atoms with E-state index in [9.17, 15) is 0 Å². The second-order valence-electron chi connectivity index (χ2n) is 23.8. The maximum Gasteiger partial charge on any atom is 0.225 e. The van der Waals surface area contributed by atoms with Crippen molar-refractivity contribution in [3.05, 3.63) is 174 Å². The molecule has 0 aliphatic carbocycles. The van der Waals surface area contributed by atoms with E-state index in [0.717, 1.165) is 28.4 Å². The summed E-state index contributed by atoms with van der Waals surface area (Å²) < 4.78 is 10.6. The van der Waals surface area contributed by atoms with E-state index in [4.69, 9.17) is 9.72 Å². The Morgan fingerprint density at radius 2 is 1.15 bits per heavy atom. The lowest BCUT2D eigenvalue weighted by molar-refractivity contribution is 0.420. The van der Waals surface area contributed by atoms with Crippen LogP contribution in [0.1, 0.15) is 155 Å². The van der Waals surface area contributed by atoms with Crippen molar-refractivity contribution in [3.8, 4) is 28.4 Å². The summed E-state index contributed by atoms with van der Waals surface area (Å²) >= 11 is 0. The van der Waals surface area contributed by atoms with E-state index in [2.05, 4.69) is 242 Å². The Bertz CT molecular complexity index is 3260. The van der Waals surface area contributed by atoms with Gasteiger partial charge in [-0.3, -0.25) is 4.57 Å². The number of hydrogen-bond donors (Lipinski definition) is 0. The SMILES string of the molecule is CC(C)c1cc(C(C)C)c(-c2cccc([N@+]34[CH-][N+]3(c3cc(Oc5ccc6c7ccccc7n(-c7cc(C(C)(C)C)ccn7)c6c5)cc(C(C)(C)C)c3)c3ccc(C(C)(C)C)cc34)c2)c(C(C)C)c1. The highest BCUT2D eigenvalue weighted by Crippen LogP contribution is 2.76. The number of pyridine rings is 1. The second-order valence-corrected chi connectivity index (χ2v) is 23.8. The second kappa shape index (κ2) is 15.8. The molecule has 1 fully saturated rings. The van der Waals surface area contributed by atoms with Crippen molar-refractivity contribution in [3.63, 3.8) is 0 Å². The molecule has 348 valence electrons. The molecule has 8 aromatic rings. The highest BCUT2D eigenvalue weighted by atomic mass is 16.5. The minimum absolute atomic E-state index is 0.00401. The van der Waals surface area contributed by atoms with Gasteiger partial charge in [-0.2, -0.15) is 9.18 Å². The van der Waals surface area contributed by atoms with Crippen molar-refractivity contribution in [2.24, 2.45) is 0 Å². The fourth-order valence-corrected chi connectivity index (χ4v) is 10.8. The van der Waals surface area contributed by atoms with Crippen LogP contribution >= 0.6 is 0 Å². The first-order valence-electron chi connectivity index (χ1n) is 25.0. The molecule has 1 saturated heterocycles. The molecule has 2 atom stereocenters. The first-order valence-corrected chi connectivity index (χ1v) is 25.0. The topological polar surface area (TPSA) is 27.1 Å². The van der Waals surface area contributed by atoms with Crippen LogP contribution in [0.15, 0.2) is 134 Å². The van der Waals surface area contributed by atoms with Crippen LogP contribution in [0.4, 0.5) is 22.7 Å². The molecule has 0 bridgehead atoms. The molecule has 4 heterocycles. The van der Waals surface area contributed by atoms with Gasteiger partial charge in [0.2, 0.25) is 11.4 Å². The number of benzene rings is 6. The van der Waals surface area contributed by atoms with Crippen molar-refractivity contribution in [2.45, 2.75) is 138 Å².